The number of aromatic nitrogens is 2. The molecule has 0 radical (unpaired) electrons. The van der Waals surface area contributed by atoms with Crippen LogP contribution in [0.4, 0.5) is 0 Å². The molecule has 0 unspecified atom stereocenters. The Bertz CT molecular complexity index is 412. The molecule has 1 aliphatic heterocycles. The number of nitrogens with zero attached hydrogens (tertiary/aromatic N) is 3. The van der Waals surface area contributed by atoms with Crippen LogP contribution in [0, 0.1) is 13.8 Å². The van der Waals surface area contributed by atoms with Gasteiger partial charge in [-0.05, 0) is 27.7 Å². The van der Waals surface area contributed by atoms with Crippen LogP contribution in [0.1, 0.15) is 45.0 Å². The molecule has 5 nitrogen and oxygen atoms in total. The average molecular weight is 297 g/mol. The molecule has 5 heteroatoms. The van der Waals surface area contributed by atoms with Gasteiger partial charge in [-0.2, -0.15) is 0 Å². The van der Waals surface area contributed by atoms with Crippen LogP contribution >= 0.6 is 0 Å². The summed E-state index contributed by atoms with van der Waals surface area (Å²) in [5, 5.41) is 4.60. The van der Waals surface area contributed by atoms with Gasteiger partial charge in [0.1, 0.15) is 0 Å². The van der Waals surface area contributed by atoms with Crippen LogP contribution in [0.15, 0.2) is 0 Å². The molecule has 1 saturated heterocycles. The first kappa shape index (κ1) is 18.0. The van der Waals surface area contributed by atoms with Crippen molar-refractivity contribution in [3.8, 4) is 5.88 Å². The second kappa shape index (κ2) is 9.05. The number of morpholine rings is 1. The van der Waals surface area contributed by atoms with Crippen molar-refractivity contribution in [2.24, 2.45) is 0 Å². The maximum Gasteiger partial charge on any atom is 0.235 e. The van der Waals surface area contributed by atoms with Crippen molar-refractivity contribution in [2.45, 2.75) is 47.6 Å². The SMILES string of the molecule is CC.CCOc1nn([C@@H](C)CN2CCOCC2)c(C)c1C. The van der Waals surface area contributed by atoms with Crippen molar-refractivity contribution in [2.75, 3.05) is 39.5 Å². The van der Waals surface area contributed by atoms with Gasteiger partial charge < -0.3 is 9.47 Å². The Hall–Kier alpha value is -1.07. The van der Waals surface area contributed by atoms with E-state index in [1.54, 1.807) is 0 Å². The third kappa shape index (κ3) is 4.71. The van der Waals surface area contributed by atoms with Crippen LogP contribution < -0.4 is 4.74 Å². The van der Waals surface area contributed by atoms with E-state index in [4.69, 9.17) is 9.47 Å². The van der Waals surface area contributed by atoms with Gasteiger partial charge in [0.2, 0.25) is 5.88 Å². The van der Waals surface area contributed by atoms with Gasteiger partial charge in [-0.15, -0.1) is 5.10 Å². The lowest BCUT2D eigenvalue weighted by molar-refractivity contribution is 0.0317. The van der Waals surface area contributed by atoms with E-state index >= 15 is 0 Å². The molecule has 0 amide bonds. The molecule has 122 valence electrons. The minimum Gasteiger partial charge on any atom is -0.477 e. The Morgan fingerprint density at radius 2 is 1.86 bits per heavy atom. The van der Waals surface area contributed by atoms with Gasteiger partial charge in [0, 0.05) is 30.9 Å². The second-order valence-electron chi connectivity index (χ2n) is 5.16. The quantitative estimate of drug-likeness (QED) is 0.838. The maximum atomic E-state index is 5.57. The molecular formula is C16H31N3O2. The summed E-state index contributed by atoms with van der Waals surface area (Å²) in [5.74, 6) is 0.772. The van der Waals surface area contributed by atoms with Gasteiger partial charge in [0.05, 0.1) is 25.9 Å². The largest absolute Gasteiger partial charge is 0.477 e. The first-order chi connectivity index (χ1) is 10.1. The predicted octanol–water partition coefficient (Wildman–Crippen LogP) is 2.82. The molecule has 2 heterocycles. The first-order valence-corrected chi connectivity index (χ1v) is 8.12. The highest BCUT2D eigenvalue weighted by Crippen LogP contribution is 2.23. The fraction of sp³-hybridized carbons (Fsp3) is 0.812. The molecular weight excluding hydrogens is 266 g/mol. The lowest BCUT2D eigenvalue weighted by Gasteiger charge is -2.29. The van der Waals surface area contributed by atoms with E-state index in [1.807, 2.05) is 20.8 Å². The highest BCUT2D eigenvalue weighted by atomic mass is 16.5. The van der Waals surface area contributed by atoms with Crippen molar-refractivity contribution in [1.29, 1.82) is 0 Å². The standard InChI is InChI=1S/C14H25N3O2.C2H6/c1-5-19-14-12(3)13(4)17(15-14)11(2)10-16-6-8-18-9-7-16;1-2/h11H,5-10H2,1-4H3;1-2H3/t11-;/m0./s1. The Labute approximate surface area is 129 Å². The van der Waals surface area contributed by atoms with Crippen LogP contribution in [0.3, 0.4) is 0 Å². The van der Waals surface area contributed by atoms with Crippen molar-refractivity contribution < 1.29 is 9.47 Å². The topological polar surface area (TPSA) is 39.5 Å². The first-order valence-electron chi connectivity index (χ1n) is 8.12. The molecule has 0 bridgehead atoms. The molecule has 1 fully saturated rings. The Morgan fingerprint density at radius 3 is 2.43 bits per heavy atom. The average Bonchev–Trinajstić information content (AvgIpc) is 2.79. The fourth-order valence-corrected chi connectivity index (χ4v) is 2.51. The maximum absolute atomic E-state index is 5.57. The van der Waals surface area contributed by atoms with Crippen molar-refractivity contribution in [3.63, 3.8) is 0 Å². The van der Waals surface area contributed by atoms with Crippen LogP contribution in [0.5, 0.6) is 5.88 Å². The third-order valence-corrected chi connectivity index (χ3v) is 3.73. The highest BCUT2D eigenvalue weighted by Gasteiger charge is 2.19. The van der Waals surface area contributed by atoms with Gasteiger partial charge in [-0.25, -0.2) is 0 Å². The van der Waals surface area contributed by atoms with Gasteiger partial charge in [0.15, 0.2) is 0 Å². The molecule has 1 aliphatic rings. The zero-order valence-electron chi connectivity index (χ0n) is 14.5. The molecule has 0 aromatic carbocycles. The monoisotopic (exact) mass is 297 g/mol. The summed E-state index contributed by atoms with van der Waals surface area (Å²) in [6, 6.07) is 0.353. The number of rotatable bonds is 5. The van der Waals surface area contributed by atoms with Gasteiger partial charge in [0.25, 0.3) is 0 Å². The molecule has 21 heavy (non-hydrogen) atoms. The van der Waals surface area contributed by atoms with Crippen LogP contribution in [0.2, 0.25) is 0 Å². The normalized spacial score (nSPS) is 17.0. The van der Waals surface area contributed by atoms with Crippen LogP contribution in [-0.4, -0.2) is 54.1 Å². The summed E-state index contributed by atoms with van der Waals surface area (Å²) in [6.45, 7) is 17.8. The summed E-state index contributed by atoms with van der Waals surface area (Å²) in [6.07, 6.45) is 0. The Kier molecular flexibility index (Phi) is 7.75. The minimum atomic E-state index is 0.353. The Balaban J connectivity index is 0.00000106. The lowest BCUT2D eigenvalue weighted by atomic mass is 10.2. The molecule has 1 aromatic rings. The van der Waals surface area contributed by atoms with Crippen LogP contribution in [-0.2, 0) is 4.74 Å². The number of hydrogen-bond acceptors (Lipinski definition) is 4. The lowest BCUT2D eigenvalue weighted by Crippen LogP contribution is -2.39. The second-order valence-corrected chi connectivity index (χ2v) is 5.16. The van der Waals surface area contributed by atoms with Crippen molar-refractivity contribution in [1.82, 2.24) is 14.7 Å². The summed E-state index contributed by atoms with van der Waals surface area (Å²) in [7, 11) is 0. The number of ether oxygens (including phenoxy) is 2. The number of hydrogen-bond donors (Lipinski definition) is 0. The van der Waals surface area contributed by atoms with E-state index in [0.29, 0.717) is 12.6 Å². The fourth-order valence-electron chi connectivity index (χ4n) is 2.51. The summed E-state index contributed by atoms with van der Waals surface area (Å²) < 4.78 is 13.0. The minimum absolute atomic E-state index is 0.353. The molecule has 2 rings (SSSR count). The third-order valence-electron chi connectivity index (χ3n) is 3.73. The van der Waals surface area contributed by atoms with Gasteiger partial charge >= 0.3 is 0 Å². The van der Waals surface area contributed by atoms with Crippen molar-refractivity contribution >= 4 is 0 Å². The predicted molar refractivity (Wildman–Crippen MR) is 86.2 cm³/mol. The van der Waals surface area contributed by atoms with Gasteiger partial charge in [-0.3, -0.25) is 9.58 Å². The zero-order chi connectivity index (χ0) is 15.8. The van der Waals surface area contributed by atoms with E-state index in [9.17, 15) is 0 Å². The van der Waals surface area contributed by atoms with E-state index < -0.39 is 0 Å². The molecule has 0 spiro atoms. The molecule has 0 N–H and O–H groups in total. The molecule has 1 atom stereocenters. The van der Waals surface area contributed by atoms with E-state index in [-0.39, 0.29) is 0 Å². The molecule has 0 saturated carbocycles. The summed E-state index contributed by atoms with van der Waals surface area (Å²) >= 11 is 0. The molecule has 1 aromatic heterocycles. The van der Waals surface area contributed by atoms with E-state index in [2.05, 4.69) is 35.5 Å². The summed E-state index contributed by atoms with van der Waals surface area (Å²) in [5.41, 5.74) is 2.35. The van der Waals surface area contributed by atoms with Gasteiger partial charge in [-0.1, -0.05) is 13.8 Å². The summed E-state index contributed by atoms with van der Waals surface area (Å²) in [4.78, 5) is 2.44. The van der Waals surface area contributed by atoms with E-state index in [0.717, 1.165) is 44.3 Å². The molecule has 0 aliphatic carbocycles. The smallest absolute Gasteiger partial charge is 0.235 e. The Morgan fingerprint density at radius 1 is 1.24 bits per heavy atom. The van der Waals surface area contributed by atoms with E-state index in [1.165, 1.54) is 5.69 Å². The highest BCUT2D eigenvalue weighted by molar-refractivity contribution is 5.29. The zero-order valence-corrected chi connectivity index (χ0v) is 14.5. The van der Waals surface area contributed by atoms with Crippen LogP contribution in [0.25, 0.3) is 0 Å². The van der Waals surface area contributed by atoms with Crippen molar-refractivity contribution in [3.05, 3.63) is 11.3 Å².